The summed E-state index contributed by atoms with van der Waals surface area (Å²) in [6, 6.07) is 30.8. The van der Waals surface area contributed by atoms with E-state index in [-0.39, 0.29) is 21.5 Å². The number of nitrogens with zero attached hydrogens (tertiary/aromatic N) is 8. The van der Waals surface area contributed by atoms with Crippen LogP contribution in [0.1, 0.15) is 0 Å². The first-order valence-corrected chi connectivity index (χ1v) is 15.6. The highest BCUT2D eigenvalue weighted by molar-refractivity contribution is 5.98. The molecule has 0 atom stereocenters. The lowest BCUT2D eigenvalue weighted by molar-refractivity contribution is 0.987. The van der Waals surface area contributed by atoms with E-state index in [0.717, 1.165) is 20.5 Å². The zero-order valence-corrected chi connectivity index (χ0v) is 27.6. The summed E-state index contributed by atoms with van der Waals surface area (Å²) >= 11 is 0. The molecule has 7 aromatic rings. The minimum Gasteiger partial charge on any atom is -0.378 e. The molecule has 12 nitrogen and oxygen atoms in total. The van der Waals surface area contributed by atoms with E-state index in [1.54, 1.807) is 48.5 Å². The first kappa shape index (κ1) is 31.8. The van der Waals surface area contributed by atoms with Gasteiger partial charge in [-0.25, -0.2) is 9.13 Å². The number of fused-ring (bicyclic) bond motifs is 2. The Bertz CT molecular complexity index is 2380. The zero-order valence-electron chi connectivity index (χ0n) is 27.6. The fraction of sp³-hybridized carbons (Fsp3) is 0.105. The fourth-order valence-corrected chi connectivity index (χ4v) is 5.65. The van der Waals surface area contributed by atoms with Crippen molar-refractivity contribution >= 4 is 55.7 Å². The van der Waals surface area contributed by atoms with Crippen molar-refractivity contribution in [2.75, 3.05) is 38.0 Å². The Kier molecular flexibility index (Phi) is 8.04. The Hall–Kier alpha value is -6.82. The maximum Gasteiger partial charge on any atom is 0.266 e. The van der Waals surface area contributed by atoms with Crippen LogP contribution in [-0.4, -0.2) is 37.3 Å². The molecule has 0 unspecified atom stereocenters. The maximum absolute atomic E-state index is 13.5. The van der Waals surface area contributed by atoms with Gasteiger partial charge >= 0.3 is 0 Å². The molecule has 0 aliphatic rings. The van der Waals surface area contributed by atoms with Gasteiger partial charge in [0, 0.05) is 39.6 Å². The van der Waals surface area contributed by atoms with Crippen molar-refractivity contribution in [1.29, 1.82) is 0 Å². The molecule has 0 spiro atoms. The molecule has 0 radical (unpaired) electrons. The van der Waals surface area contributed by atoms with Crippen LogP contribution in [0.4, 0.5) is 34.1 Å². The summed E-state index contributed by atoms with van der Waals surface area (Å²) in [6.07, 6.45) is 0. The molecule has 50 heavy (non-hydrogen) atoms. The Labute approximate surface area is 284 Å². The molecule has 0 N–H and O–H groups in total. The van der Waals surface area contributed by atoms with Crippen molar-refractivity contribution in [1.82, 2.24) is 9.13 Å². The molecule has 12 heteroatoms. The second kappa shape index (κ2) is 12.7. The molecule has 0 fully saturated rings. The molecule has 0 saturated carbocycles. The lowest BCUT2D eigenvalue weighted by atomic mass is 10.1. The first-order valence-electron chi connectivity index (χ1n) is 15.6. The summed E-state index contributed by atoms with van der Waals surface area (Å²) in [4.78, 5) is 57.9. The van der Waals surface area contributed by atoms with Crippen LogP contribution in [0.15, 0.2) is 149 Å². The highest BCUT2D eigenvalue weighted by Crippen LogP contribution is 2.24. The van der Waals surface area contributed by atoms with Gasteiger partial charge in [0.25, 0.3) is 22.2 Å². The third-order valence-electron chi connectivity index (χ3n) is 8.40. The van der Waals surface area contributed by atoms with Gasteiger partial charge in [-0.05, 0) is 109 Å². The Morgan fingerprint density at radius 3 is 0.860 bits per heavy atom. The molecule has 0 aliphatic heterocycles. The average Bonchev–Trinajstić information content (AvgIpc) is 3.52. The molecular weight excluding hydrogens is 632 g/mol. The minimum absolute atomic E-state index is 0.0519. The van der Waals surface area contributed by atoms with E-state index in [1.165, 1.54) is 12.1 Å². The SMILES string of the molecule is CN(C)c1ccc(N=Nc2ccc(-n3c(=O)c4cc5c(=O)n(-c6ccc(N=Nc7ccc(N(C)C)cc7)cc6)c(=O)c5cc4c3=O)cc2)cc1. The van der Waals surface area contributed by atoms with Crippen molar-refractivity contribution < 1.29 is 0 Å². The van der Waals surface area contributed by atoms with Crippen LogP contribution in [0.25, 0.3) is 32.9 Å². The van der Waals surface area contributed by atoms with Gasteiger partial charge in [-0.1, -0.05) is 0 Å². The number of aromatic nitrogens is 2. The maximum atomic E-state index is 13.5. The highest BCUT2D eigenvalue weighted by atomic mass is 16.2. The Morgan fingerprint density at radius 1 is 0.380 bits per heavy atom. The van der Waals surface area contributed by atoms with Crippen LogP contribution in [-0.2, 0) is 0 Å². The van der Waals surface area contributed by atoms with Crippen LogP contribution in [0.2, 0.25) is 0 Å². The van der Waals surface area contributed by atoms with Crippen molar-refractivity contribution in [3.63, 3.8) is 0 Å². The van der Waals surface area contributed by atoms with Gasteiger partial charge in [-0.15, -0.1) is 0 Å². The summed E-state index contributed by atoms with van der Waals surface area (Å²) in [6.45, 7) is 0. The smallest absolute Gasteiger partial charge is 0.266 e. The lowest BCUT2D eigenvalue weighted by Gasteiger charge is -2.11. The Balaban J connectivity index is 1.16. The van der Waals surface area contributed by atoms with Gasteiger partial charge in [0.05, 0.1) is 55.7 Å². The largest absolute Gasteiger partial charge is 0.378 e. The number of hydrogen-bond acceptors (Lipinski definition) is 10. The van der Waals surface area contributed by atoms with E-state index in [4.69, 9.17) is 0 Å². The predicted octanol–water partition coefficient (Wildman–Crippen LogP) is 6.85. The van der Waals surface area contributed by atoms with Gasteiger partial charge in [-0.3, -0.25) is 19.2 Å². The third kappa shape index (κ3) is 5.79. The quantitative estimate of drug-likeness (QED) is 0.163. The van der Waals surface area contributed by atoms with Gasteiger partial charge in [0.15, 0.2) is 0 Å². The molecule has 0 aliphatic carbocycles. The summed E-state index contributed by atoms with van der Waals surface area (Å²) in [5.74, 6) is 0. The van der Waals surface area contributed by atoms with Crippen LogP contribution in [0.3, 0.4) is 0 Å². The van der Waals surface area contributed by atoms with Crippen molar-refractivity contribution in [3.8, 4) is 11.4 Å². The lowest BCUT2D eigenvalue weighted by Crippen LogP contribution is -2.24. The predicted molar refractivity (Wildman–Crippen MR) is 197 cm³/mol. The Morgan fingerprint density at radius 2 is 0.620 bits per heavy atom. The number of benzene rings is 5. The average molecular weight is 663 g/mol. The van der Waals surface area contributed by atoms with Crippen molar-refractivity contribution in [2.24, 2.45) is 20.5 Å². The second-order valence-electron chi connectivity index (χ2n) is 12.1. The monoisotopic (exact) mass is 662 g/mol. The fourth-order valence-electron chi connectivity index (χ4n) is 5.65. The van der Waals surface area contributed by atoms with E-state index in [2.05, 4.69) is 20.5 Å². The standard InChI is InChI=1S/C38H30N8O4/c1-43(2)27-13-5-23(6-14-27)39-41-25-9-17-29(18-10-25)45-35(47)31-21-33-34(22-32(31)36(45)48)38(50)46(37(33)49)30-19-11-26(12-20-30)42-40-24-7-15-28(16-8-24)44(3)4/h5-22H,1-4H3. The van der Waals surface area contributed by atoms with Crippen LogP contribution in [0, 0.1) is 0 Å². The summed E-state index contributed by atoms with van der Waals surface area (Å²) in [5.41, 5.74) is 2.79. The molecule has 5 aromatic carbocycles. The molecule has 2 aromatic heterocycles. The summed E-state index contributed by atoms with van der Waals surface area (Å²) in [5, 5.41) is 17.2. The number of azo groups is 2. The molecule has 0 bridgehead atoms. The third-order valence-corrected chi connectivity index (χ3v) is 8.40. The number of hydrogen-bond donors (Lipinski definition) is 0. The molecule has 246 valence electrons. The molecule has 0 saturated heterocycles. The summed E-state index contributed by atoms with van der Waals surface area (Å²) in [7, 11) is 7.82. The topological polar surface area (TPSA) is 134 Å². The molecular formula is C38H30N8O4. The molecule has 7 rings (SSSR count). The normalized spacial score (nSPS) is 11.8. The van der Waals surface area contributed by atoms with Crippen molar-refractivity contribution in [3.05, 3.63) is 151 Å². The van der Waals surface area contributed by atoms with Gasteiger partial charge < -0.3 is 9.80 Å². The minimum atomic E-state index is -0.590. The highest BCUT2D eigenvalue weighted by Gasteiger charge is 2.21. The van der Waals surface area contributed by atoms with E-state index in [0.29, 0.717) is 34.1 Å². The van der Waals surface area contributed by atoms with E-state index in [1.807, 2.05) is 86.5 Å². The summed E-state index contributed by atoms with van der Waals surface area (Å²) < 4.78 is 2.05. The zero-order chi connectivity index (χ0) is 35.1. The van der Waals surface area contributed by atoms with Crippen LogP contribution < -0.4 is 32.0 Å². The van der Waals surface area contributed by atoms with Crippen molar-refractivity contribution in [2.45, 2.75) is 0 Å². The second-order valence-corrected chi connectivity index (χ2v) is 12.1. The first-order chi connectivity index (χ1) is 24.1. The van der Waals surface area contributed by atoms with E-state index < -0.39 is 22.2 Å². The van der Waals surface area contributed by atoms with Crippen LogP contribution in [0.5, 0.6) is 0 Å². The molecule has 0 amide bonds. The van der Waals surface area contributed by atoms with E-state index >= 15 is 0 Å². The van der Waals surface area contributed by atoms with E-state index in [9.17, 15) is 19.2 Å². The van der Waals surface area contributed by atoms with Crippen LogP contribution >= 0.6 is 0 Å². The number of anilines is 2. The molecule has 2 heterocycles. The van der Waals surface area contributed by atoms with Gasteiger partial charge in [0.1, 0.15) is 0 Å². The number of rotatable bonds is 8. The van der Waals surface area contributed by atoms with Gasteiger partial charge in [-0.2, -0.15) is 20.5 Å². The van der Waals surface area contributed by atoms with Gasteiger partial charge in [0.2, 0.25) is 0 Å².